The van der Waals surface area contributed by atoms with Crippen LogP contribution in [0.5, 0.6) is 0 Å². The molecule has 0 fully saturated rings. The summed E-state index contributed by atoms with van der Waals surface area (Å²) in [5.74, 6) is 0.248. The standard InChI is InChI=1S/C15H13FN2O2S/c1-18-14-7-6-11(16)9-13(14)17-15(18)10-4-3-5-12(8-10)21(2,19)20/h3-9H,1-2H3. The second-order valence-electron chi connectivity index (χ2n) is 4.93. The number of nitrogens with zero attached hydrogens (tertiary/aromatic N) is 2. The fourth-order valence-corrected chi connectivity index (χ4v) is 2.96. The van der Waals surface area contributed by atoms with Crippen molar-refractivity contribution in [2.75, 3.05) is 6.26 Å². The largest absolute Gasteiger partial charge is 0.327 e. The number of fused-ring (bicyclic) bond motifs is 1. The van der Waals surface area contributed by atoms with Crippen LogP contribution in [0.4, 0.5) is 4.39 Å². The molecule has 0 amide bonds. The van der Waals surface area contributed by atoms with Gasteiger partial charge in [-0.1, -0.05) is 12.1 Å². The molecule has 1 heterocycles. The van der Waals surface area contributed by atoms with Gasteiger partial charge in [0.05, 0.1) is 15.9 Å². The van der Waals surface area contributed by atoms with Crippen LogP contribution in [0.3, 0.4) is 0 Å². The third-order valence-electron chi connectivity index (χ3n) is 3.36. The zero-order valence-corrected chi connectivity index (χ0v) is 12.4. The lowest BCUT2D eigenvalue weighted by molar-refractivity contribution is 0.602. The van der Waals surface area contributed by atoms with Gasteiger partial charge in [0, 0.05) is 24.9 Å². The molecule has 3 rings (SSSR count). The molecule has 2 aromatic carbocycles. The summed E-state index contributed by atoms with van der Waals surface area (Å²) in [4.78, 5) is 4.63. The highest BCUT2D eigenvalue weighted by Gasteiger charge is 2.13. The average Bonchev–Trinajstić information content (AvgIpc) is 2.74. The lowest BCUT2D eigenvalue weighted by Crippen LogP contribution is -1.98. The topological polar surface area (TPSA) is 52.0 Å². The summed E-state index contributed by atoms with van der Waals surface area (Å²) >= 11 is 0. The van der Waals surface area contributed by atoms with Crippen LogP contribution < -0.4 is 0 Å². The van der Waals surface area contributed by atoms with Crippen molar-refractivity contribution in [2.24, 2.45) is 7.05 Å². The molecule has 0 radical (unpaired) electrons. The Morgan fingerprint density at radius 1 is 1.14 bits per heavy atom. The van der Waals surface area contributed by atoms with Crippen molar-refractivity contribution >= 4 is 20.9 Å². The Morgan fingerprint density at radius 3 is 2.62 bits per heavy atom. The number of aryl methyl sites for hydroxylation is 1. The van der Waals surface area contributed by atoms with Crippen molar-refractivity contribution in [1.29, 1.82) is 0 Å². The summed E-state index contributed by atoms with van der Waals surface area (Å²) in [6, 6.07) is 11.0. The van der Waals surface area contributed by atoms with E-state index in [0.717, 1.165) is 11.8 Å². The van der Waals surface area contributed by atoms with Gasteiger partial charge in [0.15, 0.2) is 9.84 Å². The number of hydrogen-bond acceptors (Lipinski definition) is 3. The van der Waals surface area contributed by atoms with Gasteiger partial charge in [-0.25, -0.2) is 17.8 Å². The van der Waals surface area contributed by atoms with Gasteiger partial charge < -0.3 is 4.57 Å². The van der Waals surface area contributed by atoms with E-state index in [0.29, 0.717) is 16.9 Å². The van der Waals surface area contributed by atoms with Crippen molar-refractivity contribution in [1.82, 2.24) is 9.55 Å². The van der Waals surface area contributed by atoms with Gasteiger partial charge in [-0.2, -0.15) is 0 Å². The third-order valence-corrected chi connectivity index (χ3v) is 4.47. The average molecular weight is 304 g/mol. The van der Waals surface area contributed by atoms with E-state index in [1.165, 1.54) is 12.1 Å². The van der Waals surface area contributed by atoms with Crippen molar-refractivity contribution < 1.29 is 12.8 Å². The Labute approximate surface area is 121 Å². The van der Waals surface area contributed by atoms with E-state index >= 15 is 0 Å². The van der Waals surface area contributed by atoms with Crippen LogP contribution >= 0.6 is 0 Å². The van der Waals surface area contributed by atoms with E-state index in [1.807, 2.05) is 11.6 Å². The molecule has 108 valence electrons. The molecule has 0 unspecified atom stereocenters. The zero-order chi connectivity index (χ0) is 15.2. The number of hydrogen-bond donors (Lipinski definition) is 0. The Bertz CT molecular complexity index is 945. The SMILES string of the molecule is Cn1c(-c2cccc(S(C)(=O)=O)c2)nc2cc(F)ccc21. The fourth-order valence-electron chi connectivity index (χ4n) is 2.30. The monoisotopic (exact) mass is 304 g/mol. The van der Waals surface area contributed by atoms with E-state index in [2.05, 4.69) is 4.98 Å². The molecule has 0 N–H and O–H groups in total. The first-order valence-electron chi connectivity index (χ1n) is 6.29. The lowest BCUT2D eigenvalue weighted by atomic mass is 10.2. The molecule has 6 heteroatoms. The summed E-state index contributed by atoms with van der Waals surface area (Å²) in [6.07, 6.45) is 1.16. The highest BCUT2D eigenvalue weighted by molar-refractivity contribution is 7.90. The van der Waals surface area contributed by atoms with E-state index < -0.39 is 9.84 Å². The minimum absolute atomic E-state index is 0.234. The second kappa shape index (κ2) is 4.66. The molecule has 0 saturated heterocycles. The second-order valence-corrected chi connectivity index (χ2v) is 6.94. The molecule has 0 aliphatic rings. The molecule has 0 saturated carbocycles. The van der Waals surface area contributed by atoms with Crippen molar-refractivity contribution in [3.63, 3.8) is 0 Å². The molecular formula is C15H13FN2O2S. The summed E-state index contributed by atoms with van der Waals surface area (Å²) in [5.41, 5.74) is 2.01. The molecule has 21 heavy (non-hydrogen) atoms. The third kappa shape index (κ3) is 2.42. The van der Waals surface area contributed by atoms with E-state index in [4.69, 9.17) is 0 Å². The summed E-state index contributed by atoms with van der Waals surface area (Å²) in [7, 11) is -1.46. The van der Waals surface area contributed by atoms with E-state index in [9.17, 15) is 12.8 Å². The van der Waals surface area contributed by atoms with Crippen LogP contribution in [0.25, 0.3) is 22.4 Å². The number of halogens is 1. The van der Waals surface area contributed by atoms with Crippen LogP contribution in [0.15, 0.2) is 47.4 Å². The van der Waals surface area contributed by atoms with Gasteiger partial charge in [-0.15, -0.1) is 0 Å². The number of imidazole rings is 1. The predicted molar refractivity (Wildman–Crippen MR) is 79.2 cm³/mol. The molecular weight excluding hydrogens is 291 g/mol. The molecule has 0 aliphatic heterocycles. The Hall–Kier alpha value is -2.21. The minimum atomic E-state index is -3.28. The quantitative estimate of drug-likeness (QED) is 0.731. The predicted octanol–water partition coefficient (Wildman–Crippen LogP) is 2.78. The molecule has 0 bridgehead atoms. The van der Waals surface area contributed by atoms with Gasteiger partial charge in [0.2, 0.25) is 0 Å². The first-order chi connectivity index (χ1) is 9.86. The van der Waals surface area contributed by atoms with Crippen molar-refractivity contribution in [3.8, 4) is 11.4 Å². The molecule has 4 nitrogen and oxygen atoms in total. The maximum absolute atomic E-state index is 13.3. The van der Waals surface area contributed by atoms with Crippen LogP contribution in [0.2, 0.25) is 0 Å². The van der Waals surface area contributed by atoms with Crippen LogP contribution in [-0.4, -0.2) is 24.2 Å². The van der Waals surface area contributed by atoms with Gasteiger partial charge in [0.25, 0.3) is 0 Å². The van der Waals surface area contributed by atoms with Gasteiger partial charge in [-0.05, 0) is 24.3 Å². The molecule has 1 aromatic heterocycles. The van der Waals surface area contributed by atoms with E-state index in [-0.39, 0.29) is 10.7 Å². The van der Waals surface area contributed by atoms with Crippen LogP contribution in [0.1, 0.15) is 0 Å². The Morgan fingerprint density at radius 2 is 1.90 bits per heavy atom. The zero-order valence-electron chi connectivity index (χ0n) is 11.5. The normalized spacial score (nSPS) is 12.0. The first kappa shape index (κ1) is 13.8. The smallest absolute Gasteiger partial charge is 0.175 e. The summed E-state index contributed by atoms with van der Waals surface area (Å²) in [6.45, 7) is 0. The molecule has 0 aliphatic carbocycles. The fraction of sp³-hybridized carbons (Fsp3) is 0.133. The highest BCUT2D eigenvalue weighted by Crippen LogP contribution is 2.25. The maximum Gasteiger partial charge on any atom is 0.175 e. The van der Waals surface area contributed by atoms with Crippen molar-refractivity contribution in [3.05, 3.63) is 48.3 Å². The molecule has 0 atom stereocenters. The van der Waals surface area contributed by atoms with Crippen molar-refractivity contribution in [2.45, 2.75) is 4.90 Å². The molecule has 0 spiro atoms. The number of benzene rings is 2. The highest BCUT2D eigenvalue weighted by atomic mass is 32.2. The number of rotatable bonds is 2. The molecule has 3 aromatic rings. The van der Waals surface area contributed by atoms with E-state index in [1.54, 1.807) is 30.3 Å². The minimum Gasteiger partial charge on any atom is -0.327 e. The number of sulfone groups is 1. The van der Waals surface area contributed by atoms with Crippen LogP contribution in [0, 0.1) is 5.82 Å². The maximum atomic E-state index is 13.3. The summed E-state index contributed by atoms with van der Waals surface area (Å²) in [5, 5.41) is 0. The Balaban J connectivity index is 2.23. The first-order valence-corrected chi connectivity index (χ1v) is 8.18. The lowest BCUT2D eigenvalue weighted by Gasteiger charge is -2.04. The van der Waals surface area contributed by atoms with Gasteiger partial charge >= 0.3 is 0 Å². The summed E-state index contributed by atoms with van der Waals surface area (Å²) < 4.78 is 38.4. The van der Waals surface area contributed by atoms with Crippen LogP contribution in [-0.2, 0) is 16.9 Å². The van der Waals surface area contributed by atoms with Gasteiger partial charge in [-0.3, -0.25) is 0 Å². The Kier molecular flexibility index (Phi) is 3.06. The van der Waals surface area contributed by atoms with Gasteiger partial charge in [0.1, 0.15) is 11.6 Å². The number of aromatic nitrogens is 2.